The van der Waals surface area contributed by atoms with Crippen molar-refractivity contribution in [1.82, 2.24) is 9.80 Å². The molecule has 1 atom stereocenters. The van der Waals surface area contributed by atoms with E-state index < -0.39 is 5.97 Å². The average molecular weight is 332 g/mol. The summed E-state index contributed by atoms with van der Waals surface area (Å²) in [5.74, 6) is -0.158. The number of hydrogen-bond acceptors (Lipinski definition) is 4. The Hall–Kier alpha value is -2.08. The predicted molar refractivity (Wildman–Crippen MR) is 89.0 cm³/mol. The molecular formula is C18H24N2O4. The van der Waals surface area contributed by atoms with E-state index in [0.29, 0.717) is 13.1 Å². The molecule has 0 aliphatic carbocycles. The number of fused-ring (bicyclic) bond motifs is 1. The highest BCUT2D eigenvalue weighted by molar-refractivity contribution is 5.85. The highest BCUT2D eigenvalue weighted by atomic mass is 16.5. The van der Waals surface area contributed by atoms with Gasteiger partial charge in [0.15, 0.2) is 0 Å². The molecule has 130 valence electrons. The van der Waals surface area contributed by atoms with E-state index in [-0.39, 0.29) is 18.5 Å². The van der Waals surface area contributed by atoms with Crippen molar-refractivity contribution < 1.29 is 19.4 Å². The Morgan fingerprint density at radius 3 is 2.88 bits per heavy atom. The molecule has 1 N–H and O–H groups in total. The molecule has 2 aliphatic rings. The fraction of sp³-hybridized carbons (Fsp3) is 0.556. The number of methoxy groups -OCH3 is 1. The first kappa shape index (κ1) is 16.8. The van der Waals surface area contributed by atoms with Gasteiger partial charge in [0.05, 0.1) is 13.2 Å². The number of hydrogen-bond donors (Lipinski definition) is 1. The second-order valence-electron chi connectivity index (χ2n) is 6.52. The number of carbonyl (C=O) groups is 2. The smallest absolute Gasteiger partial charge is 0.323 e. The molecule has 1 amide bonds. The molecule has 1 aromatic rings. The largest absolute Gasteiger partial charge is 0.497 e. The van der Waals surface area contributed by atoms with Crippen LogP contribution in [-0.4, -0.2) is 59.6 Å². The van der Waals surface area contributed by atoms with Crippen LogP contribution in [0.5, 0.6) is 5.75 Å². The molecular weight excluding hydrogens is 308 g/mol. The van der Waals surface area contributed by atoms with E-state index in [9.17, 15) is 9.59 Å². The molecule has 6 heteroatoms. The number of rotatable bonds is 4. The molecule has 1 fully saturated rings. The zero-order valence-electron chi connectivity index (χ0n) is 14.0. The van der Waals surface area contributed by atoms with Crippen LogP contribution in [0.25, 0.3) is 0 Å². The van der Waals surface area contributed by atoms with Crippen molar-refractivity contribution in [3.8, 4) is 5.75 Å². The maximum Gasteiger partial charge on any atom is 0.323 e. The Labute approximate surface area is 142 Å². The topological polar surface area (TPSA) is 70.1 Å². The molecule has 24 heavy (non-hydrogen) atoms. The molecule has 1 unspecified atom stereocenters. The molecule has 0 spiro atoms. The summed E-state index contributed by atoms with van der Waals surface area (Å²) in [5, 5.41) is 9.04. The second kappa shape index (κ2) is 7.21. The third-order valence-electron chi connectivity index (χ3n) is 4.97. The highest BCUT2D eigenvalue weighted by Crippen LogP contribution is 2.27. The maximum atomic E-state index is 12.8. The summed E-state index contributed by atoms with van der Waals surface area (Å²) in [6, 6.07) is 5.89. The van der Waals surface area contributed by atoms with Gasteiger partial charge in [-0.1, -0.05) is 6.07 Å². The van der Waals surface area contributed by atoms with E-state index >= 15 is 0 Å². The van der Waals surface area contributed by atoms with Crippen LogP contribution in [0.4, 0.5) is 0 Å². The fourth-order valence-electron chi connectivity index (χ4n) is 3.69. The number of carboxylic acids is 1. The summed E-state index contributed by atoms with van der Waals surface area (Å²) in [6.45, 7) is 1.88. The van der Waals surface area contributed by atoms with Crippen LogP contribution >= 0.6 is 0 Å². The number of nitrogens with zero attached hydrogens (tertiary/aromatic N) is 2. The zero-order chi connectivity index (χ0) is 17.1. The fourth-order valence-corrected chi connectivity index (χ4v) is 3.69. The monoisotopic (exact) mass is 332 g/mol. The van der Waals surface area contributed by atoms with Crippen LogP contribution in [0.2, 0.25) is 0 Å². The minimum Gasteiger partial charge on any atom is -0.497 e. The van der Waals surface area contributed by atoms with Gasteiger partial charge in [0.1, 0.15) is 12.3 Å². The first-order valence-electron chi connectivity index (χ1n) is 8.49. The van der Waals surface area contributed by atoms with Gasteiger partial charge in [0, 0.05) is 19.6 Å². The van der Waals surface area contributed by atoms with Gasteiger partial charge in [-0.3, -0.25) is 14.5 Å². The predicted octanol–water partition coefficient (Wildman–Crippen LogP) is 1.52. The maximum absolute atomic E-state index is 12.8. The number of carboxylic acid groups (broad SMARTS) is 1. The van der Waals surface area contributed by atoms with E-state index in [4.69, 9.17) is 9.84 Å². The van der Waals surface area contributed by atoms with Gasteiger partial charge in [0.25, 0.3) is 0 Å². The zero-order valence-corrected chi connectivity index (χ0v) is 14.0. The molecule has 2 heterocycles. The van der Waals surface area contributed by atoms with E-state index in [2.05, 4.69) is 11.0 Å². The van der Waals surface area contributed by atoms with Gasteiger partial charge < -0.3 is 14.7 Å². The van der Waals surface area contributed by atoms with Crippen molar-refractivity contribution in [1.29, 1.82) is 0 Å². The molecule has 2 aliphatic heterocycles. The van der Waals surface area contributed by atoms with Crippen LogP contribution in [-0.2, 0) is 22.6 Å². The van der Waals surface area contributed by atoms with Crippen molar-refractivity contribution in [3.63, 3.8) is 0 Å². The molecule has 0 aromatic heterocycles. The van der Waals surface area contributed by atoms with Gasteiger partial charge in [-0.15, -0.1) is 0 Å². The minimum absolute atomic E-state index is 0.0405. The van der Waals surface area contributed by atoms with Crippen LogP contribution in [0.15, 0.2) is 18.2 Å². The molecule has 0 saturated carbocycles. The summed E-state index contributed by atoms with van der Waals surface area (Å²) < 4.78 is 5.30. The summed E-state index contributed by atoms with van der Waals surface area (Å²) in [6.07, 6.45) is 3.53. The number of likely N-dealkylation sites (tertiary alicyclic amines) is 1. The number of carbonyl (C=O) groups excluding carboxylic acids is 1. The van der Waals surface area contributed by atoms with E-state index in [1.807, 2.05) is 12.1 Å². The van der Waals surface area contributed by atoms with Gasteiger partial charge in [-0.2, -0.15) is 0 Å². The first-order chi connectivity index (χ1) is 11.6. The average Bonchev–Trinajstić information content (AvgIpc) is 2.75. The number of benzene rings is 1. The van der Waals surface area contributed by atoms with Crippen molar-refractivity contribution in [3.05, 3.63) is 29.3 Å². The quantitative estimate of drug-likeness (QED) is 0.905. The van der Waals surface area contributed by atoms with Crippen molar-refractivity contribution >= 4 is 11.9 Å². The Morgan fingerprint density at radius 2 is 2.12 bits per heavy atom. The van der Waals surface area contributed by atoms with Crippen molar-refractivity contribution in [2.75, 3.05) is 26.7 Å². The molecule has 3 rings (SSSR count). The Balaban J connectivity index is 1.77. The molecule has 1 saturated heterocycles. The minimum atomic E-state index is -0.947. The van der Waals surface area contributed by atoms with Crippen LogP contribution < -0.4 is 4.74 Å². The second-order valence-corrected chi connectivity index (χ2v) is 6.52. The van der Waals surface area contributed by atoms with E-state index in [1.165, 1.54) is 16.0 Å². The Morgan fingerprint density at radius 1 is 1.29 bits per heavy atom. The lowest BCUT2D eigenvalue weighted by molar-refractivity contribution is -0.146. The Kier molecular flexibility index (Phi) is 5.04. The van der Waals surface area contributed by atoms with Crippen molar-refractivity contribution in [2.24, 2.45) is 0 Å². The number of ether oxygens (including phenoxy) is 1. The molecule has 6 nitrogen and oxygen atoms in total. The third-order valence-corrected chi connectivity index (χ3v) is 4.97. The first-order valence-corrected chi connectivity index (χ1v) is 8.49. The van der Waals surface area contributed by atoms with E-state index in [0.717, 1.165) is 38.0 Å². The van der Waals surface area contributed by atoms with Crippen LogP contribution in [0.3, 0.4) is 0 Å². The van der Waals surface area contributed by atoms with Gasteiger partial charge >= 0.3 is 5.97 Å². The van der Waals surface area contributed by atoms with Crippen molar-refractivity contribution in [2.45, 2.75) is 38.3 Å². The van der Waals surface area contributed by atoms with Crippen LogP contribution in [0, 0.1) is 0 Å². The normalized spacial score (nSPS) is 22.0. The summed E-state index contributed by atoms with van der Waals surface area (Å²) in [7, 11) is 1.65. The summed E-state index contributed by atoms with van der Waals surface area (Å²) in [5.41, 5.74) is 2.50. The number of aliphatic carboxylic acids is 1. The van der Waals surface area contributed by atoms with E-state index in [1.54, 1.807) is 7.11 Å². The van der Waals surface area contributed by atoms with Gasteiger partial charge in [-0.05, 0) is 48.9 Å². The molecule has 0 bridgehead atoms. The third kappa shape index (κ3) is 3.53. The van der Waals surface area contributed by atoms with Crippen LogP contribution in [0.1, 0.15) is 30.4 Å². The SMILES string of the molecule is COc1ccc2c(c1)CN(C1CCCCN(CC(=O)O)C1=O)CC2. The van der Waals surface area contributed by atoms with Gasteiger partial charge in [-0.25, -0.2) is 0 Å². The molecule has 1 aromatic carbocycles. The Bertz CT molecular complexity index is 631. The standard InChI is InChI=1S/C18H24N2O4/c1-24-15-6-5-13-7-9-19(11-14(13)10-15)16-4-2-3-8-20(18(16)23)12-17(21)22/h5-6,10,16H,2-4,7-9,11-12H2,1H3,(H,21,22). The molecule has 0 radical (unpaired) electrons. The summed E-state index contributed by atoms with van der Waals surface area (Å²) >= 11 is 0. The highest BCUT2D eigenvalue weighted by Gasteiger charge is 2.34. The lowest BCUT2D eigenvalue weighted by Gasteiger charge is -2.36. The van der Waals surface area contributed by atoms with Gasteiger partial charge in [0.2, 0.25) is 5.91 Å². The lowest BCUT2D eigenvalue weighted by Crippen LogP contribution is -2.50. The summed E-state index contributed by atoms with van der Waals surface area (Å²) in [4.78, 5) is 27.5. The number of amides is 1. The lowest BCUT2D eigenvalue weighted by atomic mass is 9.97.